The molecule has 2 aromatic rings. The summed E-state index contributed by atoms with van der Waals surface area (Å²) in [5.74, 6) is -0.896. The van der Waals surface area contributed by atoms with E-state index < -0.39 is 28.5 Å². The van der Waals surface area contributed by atoms with E-state index in [0.29, 0.717) is 34.3 Å². The summed E-state index contributed by atoms with van der Waals surface area (Å²) in [7, 11) is -3.81. The SMILES string of the molecule is CCNC(=O)[C@H](CC)N(Cc1c(Cl)cccc1Cl)C(=O)CN(c1ccc(Br)c(C)c1)S(C)(=O)=O. The summed E-state index contributed by atoms with van der Waals surface area (Å²) in [6.45, 7) is 5.23. The molecule has 0 heterocycles. The molecular weight excluding hydrogens is 565 g/mol. The molecule has 0 bridgehead atoms. The van der Waals surface area contributed by atoms with E-state index in [2.05, 4.69) is 21.2 Å². The monoisotopic (exact) mass is 591 g/mol. The Kier molecular flexibility index (Phi) is 10.2. The van der Waals surface area contributed by atoms with Crippen molar-refractivity contribution in [3.63, 3.8) is 0 Å². The lowest BCUT2D eigenvalue weighted by molar-refractivity contribution is -0.140. The maximum absolute atomic E-state index is 13.6. The zero-order valence-corrected chi connectivity index (χ0v) is 23.4. The highest BCUT2D eigenvalue weighted by Gasteiger charge is 2.32. The number of halogens is 3. The van der Waals surface area contributed by atoms with E-state index in [-0.39, 0.29) is 12.5 Å². The Bertz CT molecular complexity index is 1140. The van der Waals surface area contributed by atoms with Gasteiger partial charge in [0.15, 0.2) is 0 Å². The van der Waals surface area contributed by atoms with E-state index in [1.165, 1.54) is 4.90 Å². The first kappa shape index (κ1) is 28.4. The molecule has 0 fully saturated rings. The molecule has 0 aliphatic rings. The van der Waals surface area contributed by atoms with E-state index in [1.807, 2.05) is 6.92 Å². The van der Waals surface area contributed by atoms with Crippen molar-refractivity contribution >= 4 is 66.7 Å². The van der Waals surface area contributed by atoms with E-state index in [0.717, 1.165) is 20.6 Å². The molecule has 34 heavy (non-hydrogen) atoms. The van der Waals surface area contributed by atoms with E-state index in [4.69, 9.17) is 23.2 Å². The highest BCUT2D eigenvalue weighted by Crippen LogP contribution is 2.28. The Morgan fingerprint density at radius 2 is 1.74 bits per heavy atom. The molecule has 0 aromatic heterocycles. The Hall–Kier alpha value is -1.81. The third-order valence-electron chi connectivity index (χ3n) is 5.24. The summed E-state index contributed by atoms with van der Waals surface area (Å²) < 4.78 is 27.1. The van der Waals surface area contributed by atoms with E-state index in [1.54, 1.807) is 50.2 Å². The van der Waals surface area contributed by atoms with Gasteiger partial charge >= 0.3 is 0 Å². The van der Waals surface area contributed by atoms with Gasteiger partial charge in [-0.25, -0.2) is 8.42 Å². The molecule has 0 aliphatic carbocycles. The standard InChI is InChI=1S/C23H28BrCl2N3O4S/c1-5-21(23(31)27-6-2)28(13-17-19(25)8-7-9-20(17)26)22(30)14-29(34(4,32)33)16-10-11-18(24)15(3)12-16/h7-12,21H,5-6,13-14H2,1-4H3,(H,27,31)/t21-/m0/s1. The van der Waals surface area contributed by atoms with Crippen LogP contribution in [-0.2, 0) is 26.2 Å². The molecule has 1 atom stereocenters. The fourth-order valence-electron chi connectivity index (χ4n) is 3.46. The molecule has 2 rings (SSSR count). The first-order valence-corrected chi connectivity index (χ1v) is 14.0. The van der Waals surface area contributed by atoms with Crippen LogP contribution in [0.15, 0.2) is 40.9 Å². The van der Waals surface area contributed by atoms with Crippen molar-refractivity contribution in [3.8, 4) is 0 Å². The van der Waals surface area contributed by atoms with Gasteiger partial charge in [-0.15, -0.1) is 0 Å². The molecule has 2 aromatic carbocycles. The van der Waals surface area contributed by atoms with Gasteiger partial charge in [-0.05, 0) is 56.2 Å². The summed E-state index contributed by atoms with van der Waals surface area (Å²) >= 11 is 16.1. The van der Waals surface area contributed by atoms with Crippen LogP contribution in [0.25, 0.3) is 0 Å². The highest BCUT2D eigenvalue weighted by atomic mass is 79.9. The summed E-state index contributed by atoms with van der Waals surface area (Å²) in [5, 5.41) is 3.43. The number of likely N-dealkylation sites (N-methyl/N-ethyl adjacent to an activating group) is 1. The van der Waals surface area contributed by atoms with Gasteiger partial charge in [0.25, 0.3) is 0 Å². The predicted molar refractivity (Wildman–Crippen MR) is 141 cm³/mol. The third kappa shape index (κ3) is 7.10. The molecule has 1 N–H and O–H groups in total. The largest absolute Gasteiger partial charge is 0.355 e. The van der Waals surface area contributed by atoms with Crippen LogP contribution in [0.2, 0.25) is 10.0 Å². The molecule has 0 aliphatic heterocycles. The summed E-state index contributed by atoms with van der Waals surface area (Å²) in [6, 6.07) is 9.14. The van der Waals surface area contributed by atoms with Gasteiger partial charge in [0, 0.05) is 33.2 Å². The summed E-state index contributed by atoms with van der Waals surface area (Å²) in [6.07, 6.45) is 1.35. The number of anilines is 1. The van der Waals surface area contributed by atoms with Crippen LogP contribution in [0.5, 0.6) is 0 Å². The Labute approximate surface area is 219 Å². The number of amides is 2. The zero-order chi connectivity index (χ0) is 25.6. The Morgan fingerprint density at radius 3 is 2.24 bits per heavy atom. The van der Waals surface area contributed by atoms with Crippen LogP contribution in [0.3, 0.4) is 0 Å². The van der Waals surface area contributed by atoms with Crippen molar-refractivity contribution in [1.29, 1.82) is 0 Å². The molecule has 0 saturated heterocycles. The van der Waals surface area contributed by atoms with Crippen molar-refractivity contribution in [3.05, 3.63) is 62.0 Å². The van der Waals surface area contributed by atoms with Gasteiger partial charge in [0.05, 0.1) is 11.9 Å². The lowest BCUT2D eigenvalue weighted by Gasteiger charge is -2.33. The van der Waals surface area contributed by atoms with Crippen molar-refractivity contribution in [2.75, 3.05) is 23.7 Å². The second-order valence-corrected chi connectivity index (χ2v) is 11.3. The molecule has 0 spiro atoms. The first-order chi connectivity index (χ1) is 15.9. The Balaban J connectivity index is 2.51. The van der Waals surface area contributed by atoms with Crippen molar-refractivity contribution in [1.82, 2.24) is 10.2 Å². The summed E-state index contributed by atoms with van der Waals surface area (Å²) in [4.78, 5) is 27.7. The molecule has 186 valence electrons. The van der Waals surface area contributed by atoms with Crippen molar-refractivity contribution in [2.45, 2.75) is 39.8 Å². The van der Waals surface area contributed by atoms with Crippen molar-refractivity contribution in [2.24, 2.45) is 0 Å². The minimum atomic E-state index is -3.81. The fourth-order valence-corrected chi connectivity index (χ4v) is 5.07. The van der Waals surface area contributed by atoms with Gasteiger partial charge in [-0.3, -0.25) is 13.9 Å². The molecular formula is C23H28BrCl2N3O4S. The normalized spacial score (nSPS) is 12.2. The molecule has 2 amide bonds. The van der Waals surface area contributed by atoms with Gasteiger partial charge < -0.3 is 10.2 Å². The van der Waals surface area contributed by atoms with Crippen LogP contribution in [0.1, 0.15) is 31.4 Å². The van der Waals surface area contributed by atoms with Crippen molar-refractivity contribution < 1.29 is 18.0 Å². The van der Waals surface area contributed by atoms with Crippen LogP contribution in [0, 0.1) is 6.92 Å². The predicted octanol–water partition coefficient (Wildman–Crippen LogP) is 4.77. The van der Waals surface area contributed by atoms with Crippen LogP contribution < -0.4 is 9.62 Å². The lowest BCUT2D eigenvalue weighted by atomic mass is 10.1. The molecule has 0 unspecified atom stereocenters. The average Bonchev–Trinajstić information content (AvgIpc) is 2.75. The number of hydrogen-bond acceptors (Lipinski definition) is 4. The Morgan fingerprint density at radius 1 is 1.12 bits per heavy atom. The summed E-state index contributed by atoms with van der Waals surface area (Å²) in [5.41, 5.74) is 1.64. The van der Waals surface area contributed by atoms with E-state index in [9.17, 15) is 18.0 Å². The lowest BCUT2D eigenvalue weighted by Crippen LogP contribution is -2.52. The van der Waals surface area contributed by atoms with Gasteiger partial charge in [0.2, 0.25) is 21.8 Å². The van der Waals surface area contributed by atoms with Crippen LogP contribution in [-0.4, -0.2) is 50.5 Å². The second-order valence-electron chi connectivity index (χ2n) is 7.74. The number of carbonyl (C=O) groups is 2. The zero-order valence-electron chi connectivity index (χ0n) is 19.4. The minimum Gasteiger partial charge on any atom is -0.355 e. The van der Waals surface area contributed by atoms with Gasteiger partial charge in [-0.1, -0.05) is 52.1 Å². The molecule has 0 radical (unpaired) electrons. The van der Waals surface area contributed by atoms with E-state index >= 15 is 0 Å². The van der Waals surface area contributed by atoms with Gasteiger partial charge in [0.1, 0.15) is 12.6 Å². The number of sulfonamides is 1. The number of carbonyl (C=O) groups excluding carboxylic acids is 2. The number of rotatable bonds is 10. The van der Waals surface area contributed by atoms with Gasteiger partial charge in [-0.2, -0.15) is 0 Å². The number of nitrogens with one attached hydrogen (secondary N) is 1. The number of benzene rings is 2. The third-order valence-corrected chi connectivity index (χ3v) is 7.97. The average molecular weight is 593 g/mol. The quantitative estimate of drug-likeness (QED) is 0.430. The number of nitrogens with zero attached hydrogens (tertiary/aromatic N) is 2. The number of hydrogen-bond donors (Lipinski definition) is 1. The van der Waals surface area contributed by atoms with Crippen LogP contribution in [0.4, 0.5) is 5.69 Å². The topological polar surface area (TPSA) is 86.8 Å². The molecule has 11 heteroatoms. The fraction of sp³-hybridized carbons (Fsp3) is 0.391. The first-order valence-electron chi connectivity index (χ1n) is 10.6. The highest BCUT2D eigenvalue weighted by molar-refractivity contribution is 9.10. The second kappa shape index (κ2) is 12.2. The number of aryl methyl sites for hydroxylation is 1. The maximum Gasteiger partial charge on any atom is 0.244 e. The molecule has 7 nitrogen and oxygen atoms in total. The minimum absolute atomic E-state index is 0.0516. The maximum atomic E-state index is 13.6. The molecule has 0 saturated carbocycles. The smallest absolute Gasteiger partial charge is 0.244 e. The van der Waals surface area contributed by atoms with Crippen LogP contribution >= 0.6 is 39.1 Å².